The van der Waals surface area contributed by atoms with E-state index in [1.54, 1.807) is 45.3 Å². The standard InChI is InChI=1S/C64H96N2O2S4.C62H92N2O2S4/c1-9-15-19-21-23-25-27-29-31-33-37-51-43-57(69-47(51)7)53-39-41-55(71-53)61-59-60(64(68)65(61)45-49(13-5)35-17-11-3)62(66(63(59)67)46-50(14-6)36-18-12-4)56-42-40-54(72-56)58-44-52(48(8)70-58)38-34-32-30-28-26-24-22-20-16-10-2;1-7-13-17-19-21-23-25-27-29-31-35-49-41-55(67-45-49)51-37-39-53(69-51)59-57-58(62(66)63(59)43-47(11-5)33-15-9-3)60(64(61(57)65)44-48(12-6)34-16-10-4)54-40-38-52(70-54)56-42-50(46-68-56)36-32-30-28-26-24-22-20-18-14-8-2/h39-44,49-50H,9-38,45-46H2,1-8H3;37-42,45-48H,7-36,43-44H2,1-6H3. The number of aryl methyl sites for hydroxylation is 6. The van der Waals surface area contributed by atoms with E-state index in [9.17, 15) is 0 Å². The fraction of sp³-hybridized carbons (Fsp3) is 0.651. The third-order valence-electron chi connectivity index (χ3n) is 31.2. The molecule has 4 aliphatic heterocycles. The summed E-state index contributed by atoms with van der Waals surface area (Å²) in [7, 11) is 0. The molecule has 0 spiro atoms. The van der Waals surface area contributed by atoms with Crippen LogP contribution in [0.15, 0.2) is 106 Å². The van der Waals surface area contributed by atoms with E-state index in [1.807, 2.05) is 55.1 Å². The second-order valence-corrected chi connectivity index (χ2v) is 51.3. The van der Waals surface area contributed by atoms with Gasteiger partial charge >= 0.3 is 0 Å². The molecule has 784 valence electrons. The summed E-state index contributed by atoms with van der Waals surface area (Å²) in [5.74, 6) is 1.55. The van der Waals surface area contributed by atoms with Gasteiger partial charge in [0.1, 0.15) is 0 Å². The summed E-state index contributed by atoms with van der Waals surface area (Å²) in [6, 6.07) is 27.5. The van der Waals surface area contributed by atoms with Gasteiger partial charge in [0, 0.05) is 75.0 Å². The van der Waals surface area contributed by atoms with E-state index in [-0.39, 0.29) is 23.6 Å². The molecule has 0 aliphatic carbocycles. The number of hydrogen-bond donors (Lipinski definition) is 0. The molecular formula is C126H188N4O4S8. The monoisotopic (exact) mass is 2080 g/mol. The Morgan fingerprint density at radius 2 is 0.423 bits per heavy atom. The number of hydrogen-bond acceptors (Lipinski definition) is 12. The van der Waals surface area contributed by atoms with E-state index in [4.69, 9.17) is 0 Å². The highest BCUT2D eigenvalue weighted by Gasteiger charge is 2.52. The van der Waals surface area contributed by atoms with Gasteiger partial charge in [-0.2, -0.15) is 0 Å². The average molecular weight is 2080 g/mol. The van der Waals surface area contributed by atoms with E-state index in [1.165, 1.54) is 328 Å². The van der Waals surface area contributed by atoms with Gasteiger partial charge in [-0.1, -0.05) is 391 Å². The summed E-state index contributed by atoms with van der Waals surface area (Å²) in [5.41, 5.74) is 11.8. The Hall–Kier alpha value is -5.56. The molecule has 0 bridgehead atoms. The Morgan fingerprint density at radius 1 is 0.218 bits per heavy atom. The first-order valence-corrected chi connectivity index (χ1v) is 65.2. The lowest BCUT2D eigenvalue weighted by atomic mass is 9.98. The van der Waals surface area contributed by atoms with E-state index < -0.39 is 0 Å². The van der Waals surface area contributed by atoms with Crippen molar-refractivity contribution in [3.8, 4) is 39.0 Å². The van der Waals surface area contributed by atoms with Crippen molar-refractivity contribution in [1.82, 2.24) is 19.6 Å². The zero-order valence-corrected chi connectivity index (χ0v) is 97.9. The fourth-order valence-corrected chi connectivity index (χ4v) is 30.6. The Kier molecular flexibility index (Phi) is 53.2. The van der Waals surface area contributed by atoms with Gasteiger partial charge < -0.3 is 19.6 Å². The van der Waals surface area contributed by atoms with Crippen LogP contribution in [-0.4, -0.2) is 69.4 Å². The van der Waals surface area contributed by atoms with Crippen LogP contribution in [0, 0.1) is 37.5 Å². The van der Waals surface area contributed by atoms with Gasteiger partial charge in [0.05, 0.1) is 64.6 Å². The van der Waals surface area contributed by atoms with E-state index in [2.05, 4.69) is 190 Å². The molecule has 4 amide bonds. The summed E-state index contributed by atoms with van der Waals surface area (Å²) in [5, 5.41) is 4.71. The maximum Gasteiger partial charge on any atom is 0.261 e. The highest BCUT2D eigenvalue weighted by Crippen LogP contribution is 2.55. The number of unbranched alkanes of at least 4 members (excludes halogenated alkanes) is 40. The Morgan fingerprint density at radius 3 is 0.648 bits per heavy atom. The van der Waals surface area contributed by atoms with Crippen molar-refractivity contribution in [3.63, 3.8) is 0 Å². The van der Waals surface area contributed by atoms with Gasteiger partial charge in [0.25, 0.3) is 23.6 Å². The smallest absolute Gasteiger partial charge is 0.261 e. The first kappa shape index (κ1) is 117. The lowest BCUT2D eigenvalue weighted by Crippen LogP contribution is -2.34. The first-order valence-electron chi connectivity index (χ1n) is 58.5. The van der Waals surface area contributed by atoms with Crippen molar-refractivity contribution >= 4 is 137 Å². The minimum absolute atomic E-state index is 0.0158. The maximum absolute atomic E-state index is 15.5. The molecule has 8 aromatic heterocycles. The summed E-state index contributed by atoms with van der Waals surface area (Å²) < 4.78 is 0. The number of carbonyl (C=O) groups excluding carboxylic acids is 4. The molecule has 0 saturated carbocycles. The molecule has 8 aromatic rings. The number of fused-ring (bicyclic) bond motifs is 2. The van der Waals surface area contributed by atoms with Crippen molar-refractivity contribution in [2.75, 3.05) is 26.2 Å². The van der Waals surface area contributed by atoms with Gasteiger partial charge in [-0.15, -0.1) is 90.7 Å². The van der Waals surface area contributed by atoms with Crippen LogP contribution in [0.5, 0.6) is 0 Å². The van der Waals surface area contributed by atoms with Crippen LogP contribution >= 0.6 is 90.7 Å². The van der Waals surface area contributed by atoms with E-state index in [0.717, 1.165) is 171 Å². The topological polar surface area (TPSA) is 81.2 Å². The minimum atomic E-state index is 0.0158. The average Bonchev–Trinajstić information content (AvgIpc) is 1.55. The second kappa shape index (κ2) is 64.7. The van der Waals surface area contributed by atoms with Gasteiger partial charge in [0.15, 0.2) is 0 Å². The van der Waals surface area contributed by atoms with Crippen LogP contribution in [0.4, 0.5) is 0 Å². The van der Waals surface area contributed by atoms with Gasteiger partial charge in [-0.25, -0.2) is 0 Å². The number of rotatable bonds is 76. The Balaban J connectivity index is 0.000000271. The molecule has 12 rings (SSSR count). The van der Waals surface area contributed by atoms with Crippen LogP contribution in [0.2, 0.25) is 0 Å². The Bertz CT molecular complexity index is 4850. The summed E-state index contributed by atoms with van der Waals surface area (Å²) in [6.07, 6.45) is 76.3. The largest absolute Gasteiger partial charge is 0.306 e. The predicted molar refractivity (Wildman–Crippen MR) is 630 cm³/mol. The molecule has 4 aliphatic rings. The minimum Gasteiger partial charge on any atom is -0.306 e. The zero-order chi connectivity index (χ0) is 101. The van der Waals surface area contributed by atoms with Gasteiger partial charge in [0.2, 0.25) is 0 Å². The highest BCUT2D eigenvalue weighted by molar-refractivity contribution is 7.24. The number of thiophene rings is 8. The lowest BCUT2D eigenvalue weighted by molar-refractivity contribution is -0.124. The van der Waals surface area contributed by atoms with E-state index >= 15 is 19.2 Å². The molecule has 142 heavy (non-hydrogen) atoms. The second-order valence-electron chi connectivity index (χ2n) is 42.6. The molecule has 0 aromatic carbocycles. The zero-order valence-electron chi connectivity index (χ0n) is 91.3. The molecule has 0 N–H and O–H groups in total. The SMILES string of the molecule is CCCCCCCCCCCCc1cc(-c2ccc(C3=C4C(=O)N(CC(CC)CCCC)C(c5ccc(-c6cc(CCCCCCCCCCCC)c(C)s6)s5)=C4C(=O)N3CC(CC)CCCC)s2)sc1C.CCCCCCCCCCCCc1csc(-c2ccc(C3=C4C(=O)N(CC(CC)CCCC)C(c5ccc(-c6cc(CCCCCCCCCCCC)cs6)s5)=C4C(=O)N3CC(CC)CCCC)s2)c1. The molecule has 0 radical (unpaired) electrons. The van der Waals surface area contributed by atoms with Crippen molar-refractivity contribution in [2.45, 2.75) is 482 Å². The third-order valence-corrected chi connectivity index (χ3v) is 40.5. The normalized spacial score (nSPS) is 14.9. The molecule has 0 fully saturated rings. The van der Waals surface area contributed by atoms with Crippen LogP contribution < -0.4 is 0 Å². The third kappa shape index (κ3) is 34.2. The van der Waals surface area contributed by atoms with Gasteiger partial charge in [-0.05, 0) is 220 Å². The molecule has 16 heteroatoms. The molecule has 4 atom stereocenters. The number of amides is 4. The number of carbonyl (C=O) groups is 4. The maximum atomic E-state index is 15.5. The number of nitrogens with zero attached hydrogens (tertiary/aromatic N) is 4. The van der Waals surface area contributed by atoms with E-state index in [0.29, 0.717) is 72.1 Å². The summed E-state index contributed by atoms with van der Waals surface area (Å²) >= 11 is 14.6. The van der Waals surface area contributed by atoms with Crippen molar-refractivity contribution in [3.05, 3.63) is 157 Å². The quantitative estimate of drug-likeness (QED) is 0.0356. The summed E-state index contributed by atoms with van der Waals surface area (Å²) in [4.78, 5) is 87.1. The van der Waals surface area contributed by atoms with Gasteiger partial charge in [-0.3, -0.25) is 19.2 Å². The highest BCUT2D eigenvalue weighted by atomic mass is 32.1. The molecule has 0 saturated heterocycles. The predicted octanol–water partition coefficient (Wildman–Crippen LogP) is 41.5. The first-order chi connectivity index (χ1) is 69.5. The lowest BCUT2D eigenvalue weighted by Gasteiger charge is -2.29. The Labute approximate surface area is 896 Å². The fourth-order valence-electron chi connectivity index (χ4n) is 21.9. The molecule has 4 unspecified atom stereocenters. The van der Waals surface area contributed by atoms with Crippen molar-refractivity contribution in [2.24, 2.45) is 23.7 Å². The van der Waals surface area contributed by atoms with Crippen molar-refractivity contribution < 1.29 is 19.2 Å². The van der Waals surface area contributed by atoms with Crippen molar-refractivity contribution in [1.29, 1.82) is 0 Å². The molecule has 12 heterocycles. The molecular weight excluding hydrogens is 1890 g/mol. The van der Waals surface area contributed by atoms with Crippen LogP contribution in [0.1, 0.15) is 494 Å². The summed E-state index contributed by atoms with van der Waals surface area (Å²) in [6.45, 7) is 34.4. The van der Waals surface area contributed by atoms with Crippen LogP contribution in [0.25, 0.3) is 61.8 Å². The van der Waals surface area contributed by atoms with Crippen LogP contribution in [-0.2, 0) is 44.9 Å². The molecule has 8 nitrogen and oxygen atoms in total. The van der Waals surface area contributed by atoms with Crippen LogP contribution in [0.3, 0.4) is 0 Å².